The quantitative estimate of drug-likeness (QED) is 0.534. The summed E-state index contributed by atoms with van der Waals surface area (Å²) in [6.45, 7) is 0. The van der Waals surface area contributed by atoms with Crippen molar-refractivity contribution in [3.63, 3.8) is 0 Å². The molecule has 0 aliphatic heterocycles. The summed E-state index contributed by atoms with van der Waals surface area (Å²) in [6, 6.07) is 13.6. The summed E-state index contributed by atoms with van der Waals surface area (Å²) in [6.07, 6.45) is 0. The predicted molar refractivity (Wildman–Crippen MR) is 116 cm³/mol. The van der Waals surface area contributed by atoms with Gasteiger partial charge in [0.1, 0.15) is 27.6 Å². The number of nitrogens with zero attached hydrogens (tertiary/aromatic N) is 2. The molecule has 0 unspecified atom stereocenters. The minimum absolute atomic E-state index is 0.0731. The van der Waals surface area contributed by atoms with Crippen LogP contribution >= 0.6 is 22.9 Å². The number of benzene rings is 2. The number of ketones is 1. The number of carbonyl (C=O) groups is 1. The molecule has 150 valence electrons. The lowest BCUT2D eigenvalue weighted by Crippen LogP contribution is -2.02. The summed E-state index contributed by atoms with van der Waals surface area (Å²) in [5, 5.41) is 23.0. The second kappa shape index (κ2) is 8.75. The molecule has 2 aromatic carbocycles. The third-order valence-electron chi connectivity index (χ3n) is 4.26. The molecule has 0 amide bonds. The van der Waals surface area contributed by atoms with Crippen LogP contribution in [-0.2, 0) is 0 Å². The third-order valence-corrected chi connectivity index (χ3v) is 5.63. The fraction of sp³-hybridized carbons (Fsp3) is 0.0952. The number of carbonyl (C=O) groups excluding carboxylic acids is 1. The fourth-order valence-corrected chi connectivity index (χ4v) is 3.91. The first-order valence-electron chi connectivity index (χ1n) is 8.49. The molecular formula is C21H15ClN4O3S. The van der Waals surface area contributed by atoms with E-state index in [0.29, 0.717) is 32.8 Å². The van der Waals surface area contributed by atoms with E-state index in [0.717, 1.165) is 11.3 Å². The van der Waals surface area contributed by atoms with E-state index < -0.39 is 0 Å². The topological polar surface area (TPSA) is 121 Å². The number of rotatable bonds is 6. The summed E-state index contributed by atoms with van der Waals surface area (Å²) in [7, 11) is 2.94. The van der Waals surface area contributed by atoms with E-state index in [2.05, 4.69) is 11.4 Å². The SMILES string of the molecule is COc1cc(C#N)c(Nc2sc(C(=O)c3ccc(Cl)cc3)c(N)c2C#N)cc1OC. The maximum absolute atomic E-state index is 12.9. The summed E-state index contributed by atoms with van der Waals surface area (Å²) in [5.74, 6) is 0.468. The van der Waals surface area contributed by atoms with Gasteiger partial charge in [0.25, 0.3) is 0 Å². The Morgan fingerprint density at radius 3 is 2.30 bits per heavy atom. The lowest BCUT2D eigenvalue weighted by molar-refractivity contribution is 0.104. The molecule has 30 heavy (non-hydrogen) atoms. The third kappa shape index (κ3) is 3.87. The molecule has 0 aliphatic rings. The summed E-state index contributed by atoms with van der Waals surface area (Å²) < 4.78 is 10.5. The standard InChI is InChI=1S/C21H15ClN4O3S/c1-28-16-7-12(9-23)15(8-17(16)29-2)26-21-14(10-24)18(25)20(30-21)19(27)11-3-5-13(22)6-4-11/h3-8,26H,25H2,1-2H3. The average Bonchev–Trinajstić information content (AvgIpc) is 3.08. The van der Waals surface area contributed by atoms with E-state index in [1.165, 1.54) is 20.3 Å². The molecule has 0 spiro atoms. The van der Waals surface area contributed by atoms with Gasteiger partial charge in [-0.2, -0.15) is 10.5 Å². The van der Waals surface area contributed by atoms with E-state index in [9.17, 15) is 15.3 Å². The maximum atomic E-state index is 12.9. The van der Waals surface area contributed by atoms with Crippen LogP contribution in [0.1, 0.15) is 26.4 Å². The Hall–Kier alpha value is -3.72. The lowest BCUT2D eigenvalue weighted by Gasteiger charge is -2.12. The van der Waals surface area contributed by atoms with Gasteiger partial charge in [0.2, 0.25) is 5.78 Å². The molecule has 0 fully saturated rings. The van der Waals surface area contributed by atoms with Crippen molar-refractivity contribution in [3.8, 4) is 23.6 Å². The zero-order valence-corrected chi connectivity index (χ0v) is 17.5. The van der Waals surface area contributed by atoms with Crippen molar-refractivity contribution in [2.45, 2.75) is 0 Å². The molecule has 3 aromatic rings. The lowest BCUT2D eigenvalue weighted by atomic mass is 10.1. The molecule has 3 N–H and O–H groups in total. The van der Waals surface area contributed by atoms with E-state index in [4.69, 9.17) is 26.8 Å². The van der Waals surface area contributed by atoms with Crippen molar-refractivity contribution in [2.75, 3.05) is 25.3 Å². The van der Waals surface area contributed by atoms with E-state index in [1.54, 1.807) is 30.3 Å². The van der Waals surface area contributed by atoms with Gasteiger partial charge >= 0.3 is 0 Å². The number of nitrogens with two attached hydrogens (primary N) is 1. The Balaban J connectivity index is 2.05. The van der Waals surface area contributed by atoms with Crippen molar-refractivity contribution < 1.29 is 14.3 Å². The zero-order valence-electron chi connectivity index (χ0n) is 15.9. The number of ether oxygens (including phenoxy) is 2. The molecule has 0 bridgehead atoms. The van der Waals surface area contributed by atoms with Gasteiger partial charge in [-0.1, -0.05) is 11.6 Å². The summed E-state index contributed by atoms with van der Waals surface area (Å²) >= 11 is 6.91. The van der Waals surface area contributed by atoms with Crippen LogP contribution in [-0.4, -0.2) is 20.0 Å². The summed E-state index contributed by atoms with van der Waals surface area (Å²) in [5.41, 5.74) is 7.35. The molecule has 7 nitrogen and oxygen atoms in total. The van der Waals surface area contributed by atoms with Gasteiger partial charge in [-0.05, 0) is 24.3 Å². The number of methoxy groups -OCH3 is 2. The van der Waals surface area contributed by atoms with Gasteiger partial charge in [0, 0.05) is 22.7 Å². The molecule has 0 saturated heterocycles. The van der Waals surface area contributed by atoms with Crippen LogP contribution in [0, 0.1) is 22.7 Å². The Labute approximate surface area is 181 Å². The minimum atomic E-state index is -0.327. The molecule has 3 rings (SSSR count). The predicted octanol–water partition coefficient (Wildman–Crippen LogP) is 4.72. The first-order chi connectivity index (χ1) is 14.4. The number of nitrogens with one attached hydrogen (secondary N) is 1. The van der Waals surface area contributed by atoms with Crippen LogP contribution in [0.4, 0.5) is 16.4 Å². The van der Waals surface area contributed by atoms with Gasteiger partial charge in [0.15, 0.2) is 11.5 Å². The van der Waals surface area contributed by atoms with Crippen LogP contribution in [0.25, 0.3) is 0 Å². The number of halogens is 1. The molecular weight excluding hydrogens is 424 g/mol. The number of hydrogen-bond acceptors (Lipinski definition) is 8. The minimum Gasteiger partial charge on any atom is -0.493 e. The zero-order chi connectivity index (χ0) is 21.8. The van der Waals surface area contributed by atoms with Crippen molar-refractivity contribution in [1.82, 2.24) is 0 Å². The first-order valence-corrected chi connectivity index (χ1v) is 9.68. The largest absolute Gasteiger partial charge is 0.493 e. The highest BCUT2D eigenvalue weighted by Gasteiger charge is 2.23. The van der Waals surface area contributed by atoms with Crippen LogP contribution in [0.15, 0.2) is 36.4 Å². The van der Waals surface area contributed by atoms with Crippen LogP contribution < -0.4 is 20.5 Å². The Morgan fingerprint density at radius 1 is 1.10 bits per heavy atom. The molecule has 1 heterocycles. The van der Waals surface area contributed by atoms with Crippen LogP contribution in [0.3, 0.4) is 0 Å². The van der Waals surface area contributed by atoms with E-state index in [1.807, 2.05) is 6.07 Å². The van der Waals surface area contributed by atoms with Gasteiger partial charge in [0.05, 0.1) is 31.2 Å². The van der Waals surface area contributed by atoms with Crippen molar-refractivity contribution in [3.05, 3.63) is 63.0 Å². The van der Waals surface area contributed by atoms with E-state index in [-0.39, 0.29) is 27.5 Å². The monoisotopic (exact) mass is 438 g/mol. The molecule has 9 heteroatoms. The Morgan fingerprint density at radius 2 is 1.73 bits per heavy atom. The number of hydrogen-bond donors (Lipinski definition) is 2. The smallest absolute Gasteiger partial charge is 0.205 e. The number of nitriles is 2. The second-order valence-corrected chi connectivity index (χ2v) is 7.44. The molecule has 0 radical (unpaired) electrons. The highest BCUT2D eigenvalue weighted by atomic mass is 35.5. The van der Waals surface area contributed by atoms with Crippen LogP contribution in [0.2, 0.25) is 5.02 Å². The highest BCUT2D eigenvalue weighted by Crippen LogP contribution is 2.41. The van der Waals surface area contributed by atoms with Gasteiger partial charge in [-0.3, -0.25) is 4.79 Å². The molecule has 0 saturated carbocycles. The fourth-order valence-electron chi connectivity index (χ4n) is 2.74. The number of thiophene rings is 1. The second-order valence-electron chi connectivity index (χ2n) is 5.99. The molecule has 1 aromatic heterocycles. The van der Waals surface area contributed by atoms with Crippen molar-refractivity contribution >= 4 is 45.1 Å². The van der Waals surface area contributed by atoms with Gasteiger partial charge < -0.3 is 20.5 Å². The number of anilines is 3. The van der Waals surface area contributed by atoms with Crippen molar-refractivity contribution in [1.29, 1.82) is 10.5 Å². The molecule has 0 aliphatic carbocycles. The number of nitrogen functional groups attached to an aromatic ring is 1. The highest BCUT2D eigenvalue weighted by molar-refractivity contribution is 7.19. The Kier molecular flexibility index (Phi) is 6.12. The first kappa shape index (κ1) is 21.0. The van der Waals surface area contributed by atoms with Crippen molar-refractivity contribution in [2.24, 2.45) is 0 Å². The van der Waals surface area contributed by atoms with Gasteiger partial charge in [-0.25, -0.2) is 0 Å². The normalized spacial score (nSPS) is 10.0. The Bertz CT molecular complexity index is 1210. The average molecular weight is 439 g/mol. The van der Waals surface area contributed by atoms with Crippen LogP contribution in [0.5, 0.6) is 11.5 Å². The molecule has 0 atom stereocenters. The summed E-state index contributed by atoms with van der Waals surface area (Å²) in [4.78, 5) is 13.1. The maximum Gasteiger partial charge on any atom is 0.205 e. The van der Waals surface area contributed by atoms with E-state index >= 15 is 0 Å². The van der Waals surface area contributed by atoms with Gasteiger partial charge in [-0.15, -0.1) is 11.3 Å².